The van der Waals surface area contributed by atoms with Crippen LogP contribution in [0.2, 0.25) is 0 Å². The number of aliphatic hydroxyl groups excluding tert-OH is 1. The van der Waals surface area contributed by atoms with Crippen LogP contribution in [0.5, 0.6) is 0 Å². The average Bonchev–Trinajstić information content (AvgIpc) is 2.63. The smallest absolute Gasteiger partial charge is 0.404 e. The molecule has 1 unspecified atom stereocenters. The molecule has 1 aromatic heterocycles. The third-order valence-electron chi connectivity index (χ3n) is 2.01. The van der Waals surface area contributed by atoms with E-state index in [9.17, 15) is 10.1 Å². The van der Waals surface area contributed by atoms with Gasteiger partial charge in [0.25, 0.3) is 0 Å². The minimum absolute atomic E-state index is 0.118. The fourth-order valence-electron chi connectivity index (χ4n) is 1.13. The summed E-state index contributed by atoms with van der Waals surface area (Å²) >= 11 is 0. The summed E-state index contributed by atoms with van der Waals surface area (Å²) in [7, 11) is 0. The SMILES string of the molecule is CC(CCO)NCc1ccc([N+](=O)[O-])o1. The van der Waals surface area contributed by atoms with Gasteiger partial charge in [-0.1, -0.05) is 0 Å². The molecule has 1 heterocycles. The minimum atomic E-state index is -0.569. The highest BCUT2D eigenvalue weighted by molar-refractivity contribution is 5.17. The number of nitrogens with zero attached hydrogens (tertiary/aromatic N) is 1. The molecule has 0 spiro atoms. The Morgan fingerprint density at radius 2 is 2.40 bits per heavy atom. The molecule has 0 bridgehead atoms. The number of aliphatic hydroxyl groups is 1. The highest BCUT2D eigenvalue weighted by Crippen LogP contribution is 2.15. The van der Waals surface area contributed by atoms with E-state index in [1.807, 2.05) is 6.92 Å². The molecule has 0 aliphatic heterocycles. The summed E-state index contributed by atoms with van der Waals surface area (Å²) in [5.41, 5.74) is 0. The lowest BCUT2D eigenvalue weighted by molar-refractivity contribution is -0.402. The molecule has 0 saturated heterocycles. The second-order valence-electron chi connectivity index (χ2n) is 3.29. The minimum Gasteiger partial charge on any atom is -0.404 e. The van der Waals surface area contributed by atoms with Gasteiger partial charge in [-0.25, -0.2) is 0 Å². The van der Waals surface area contributed by atoms with Gasteiger partial charge in [-0.3, -0.25) is 10.1 Å². The first-order valence-corrected chi connectivity index (χ1v) is 4.71. The van der Waals surface area contributed by atoms with Crippen LogP contribution in [0.3, 0.4) is 0 Å². The first-order valence-electron chi connectivity index (χ1n) is 4.71. The van der Waals surface area contributed by atoms with E-state index in [0.717, 1.165) is 0 Å². The van der Waals surface area contributed by atoms with Gasteiger partial charge in [0.05, 0.1) is 12.6 Å². The Kier molecular flexibility index (Phi) is 4.26. The van der Waals surface area contributed by atoms with E-state index in [1.54, 1.807) is 6.07 Å². The van der Waals surface area contributed by atoms with Gasteiger partial charge in [0.1, 0.15) is 10.7 Å². The summed E-state index contributed by atoms with van der Waals surface area (Å²) in [6.45, 7) is 2.47. The van der Waals surface area contributed by atoms with Gasteiger partial charge in [0, 0.05) is 12.6 Å². The molecule has 2 N–H and O–H groups in total. The fourth-order valence-corrected chi connectivity index (χ4v) is 1.13. The van der Waals surface area contributed by atoms with E-state index in [1.165, 1.54) is 6.07 Å². The van der Waals surface area contributed by atoms with Crippen LogP contribution in [0.25, 0.3) is 0 Å². The lowest BCUT2D eigenvalue weighted by Gasteiger charge is -2.09. The molecule has 84 valence electrons. The zero-order chi connectivity index (χ0) is 11.3. The van der Waals surface area contributed by atoms with Crippen LogP contribution in [0.4, 0.5) is 5.88 Å². The van der Waals surface area contributed by atoms with Crippen LogP contribution < -0.4 is 5.32 Å². The Labute approximate surface area is 87.0 Å². The van der Waals surface area contributed by atoms with Gasteiger partial charge in [0.15, 0.2) is 0 Å². The van der Waals surface area contributed by atoms with E-state index in [2.05, 4.69) is 5.32 Å². The first kappa shape index (κ1) is 11.7. The Balaban J connectivity index is 2.40. The molecular formula is C9H14N2O4. The zero-order valence-corrected chi connectivity index (χ0v) is 8.47. The van der Waals surface area contributed by atoms with E-state index in [-0.39, 0.29) is 18.5 Å². The fraction of sp³-hybridized carbons (Fsp3) is 0.556. The van der Waals surface area contributed by atoms with Crippen LogP contribution in [0.15, 0.2) is 16.5 Å². The van der Waals surface area contributed by atoms with Gasteiger partial charge in [0.2, 0.25) is 0 Å². The van der Waals surface area contributed by atoms with Crippen molar-refractivity contribution in [1.82, 2.24) is 5.32 Å². The summed E-state index contributed by atoms with van der Waals surface area (Å²) in [6.07, 6.45) is 0.642. The van der Waals surface area contributed by atoms with Crippen molar-refractivity contribution in [3.05, 3.63) is 28.0 Å². The molecule has 1 rings (SSSR count). The second kappa shape index (κ2) is 5.47. The Morgan fingerprint density at radius 3 is 2.93 bits per heavy atom. The van der Waals surface area contributed by atoms with Crippen LogP contribution in [-0.2, 0) is 6.54 Å². The number of hydrogen-bond donors (Lipinski definition) is 2. The van der Waals surface area contributed by atoms with Crippen LogP contribution in [-0.4, -0.2) is 22.7 Å². The van der Waals surface area contributed by atoms with Gasteiger partial charge in [-0.15, -0.1) is 0 Å². The van der Waals surface area contributed by atoms with Crippen molar-refractivity contribution >= 4 is 5.88 Å². The molecule has 0 aliphatic rings. The normalized spacial score (nSPS) is 12.7. The van der Waals surface area contributed by atoms with Gasteiger partial charge >= 0.3 is 5.88 Å². The van der Waals surface area contributed by atoms with Gasteiger partial charge in [-0.05, 0) is 19.4 Å². The Bertz CT molecular complexity index is 324. The van der Waals surface area contributed by atoms with Crippen molar-refractivity contribution in [3.8, 4) is 0 Å². The summed E-state index contributed by atoms with van der Waals surface area (Å²) in [6, 6.07) is 3.05. The molecule has 6 heteroatoms. The van der Waals surface area contributed by atoms with Crippen LogP contribution in [0.1, 0.15) is 19.1 Å². The maximum atomic E-state index is 10.3. The summed E-state index contributed by atoms with van der Waals surface area (Å²) < 4.78 is 4.95. The molecule has 0 amide bonds. The quantitative estimate of drug-likeness (QED) is 0.545. The third kappa shape index (κ3) is 3.69. The van der Waals surface area contributed by atoms with E-state index in [0.29, 0.717) is 18.7 Å². The molecule has 1 aromatic rings. The largest absolute Gasteiger partial charge is 0.433 e. The molecular weight excluding hydrogens is 200 g/mol. The molecule has 0 aliphatic carbocycles. The number of furan rings is 1. The van der Waals surface area contributed by atoms with E-state index in [4.69, 9.17) is 9.52 Å². The number of nitrogens with one attached hydrogen (secondary N) is 1. The first-order chi connectivity index (χ1) is 7.13. The highest BCUT2D eigenvalue weighted by atomic mass is 16.6. The lowest BCUT2D eigenvalue weighted by Crippen LogP contribution is -2.26. The van der Waals surface area contributed by atoms with Crippen molar-refractivity contribution in [3.63, 3.8) is 0 Å². The summed E-state index contributed by atoms with van der Waals surface area (Å²) in [5.74, 6) is 0.271. The van der Waals surface area contributed by atoms with Crippen LogP contribution in [0, 0.1) is 10.1 Å². The number of hydrogen-bond acceptors (Lipinski definition) is 5. The Hall–Kier alpha value is -1.40. The van der Waals surface area contributed by atoms with Crippen molar-refractivity contribution < 1.29 is 14.4 Å². The monoisotopic (exact) mass is 214 g/mol. The topological polar surface area (TPSA) is 88.5 Å². The molecule has 0 fully saturated rings. The second-order valence-corrected chi connectivity index (χ2v) is 3.29. The maximum Gasteiger partial charge on any atom is 0.433 e. The van der Waals surface area contributed by atoms with Gasteiger partial charge < -0.3 is 14.8 Å². The number of nitro groups is 1. The van der Waals surface area contributed by atoms with Crippen molar-refractivity contribution in [2.75, 3.05) is 6.61 Å². The standard InChI is InChI=1S/C9H14N2O4/c1-7(4-5-12)10-6-8-2-3-9(15-8)11(13)14/h2-3,7,10,12H,4-6H2,1H3. The summed E-state index contributed by atoms with van der Waals surface area (Å²) in [4.78, 5) is 9.74. The predicted molar refractivity (Wildman–Crippen MR) is 53.4 cm³/mol. The summed E-state index contributed by atoms with van der Waals surface area (Å²) in [5, 5.41) is 22.0. The molecule has 0 saturated carbocycles. The third-order valence-corrected chi connectivity index (χ3v) is 2.01. The molecule has 6 nitrogen and oxygen atoms in total. The van der Waals surface area contributed by atoms with E-state index < -0.39 is 4.92 Å². The molecule has 1 atom stereocenters. The molecule has 15 heavy (non-hydrogen) atoms. The van der Waals surface area contributed by atoms with Crippen molar-refractivity contribution in [1.29, 1.82) is 0 Å². The molecule has 0 radical (unpaired) electrons. The Morgan fingerprint density at radius 1 is 1.67 bits per heavy atom. The molecule has 0 aromatic carbocycles. The van der Waals surface area contributed by atoms with Crippen molar-refractivity contribution in [2.45, 2.75) is 25.9 Å². The van der Waals surface area contributed by atoms with E-state index >= 15 is 0 Å². The predicted octanol–water partition coefficient (Wildman–Crippen LogP) is 1.05. The van der Waals surface area contributed by atoms with Gasteiger partial charge in [-0.2, -0.15) is 0 Å². The zero-order valence-electron chi connectivity index (χ0n) is 8.47. The van der Waals surface area contributed by atoms with Crippen LogP contribution >= 0.6 is 0 Å². The highest BCUT2D eigenvalue weighted by Gasteiger charge is 2.11. The average molecular weight is 214 g/mol. The number of rotatable bonds is 6. The lowest BCUT2D eigenvalue weighted by atomic mass is 10.2. The maximum absolute atomic E-state index is 10.3. The van der Waals surface area contributed by atoms with Crippen molar-refractivity contribution in [2.24, 2.45) is 0 Å².